The van der Waals surface area contributed by atoms with Crippen molar-refractivity contribution in [2.75, 3.05) is 19.8 Å². The van der Waals surface area contributed by atoms with Gasteiger partial charge >= 0.3 is 19.8 Å². The summed E-state index contributed by atoms with van der Waals surface area (Å²) in [5.74, 6) is -0.902. The van der Waals surface area contributed by atoms with Crippen molar-refractivity contribution in [2.24, 2.45) is 0 Å². The van der Waals surface area contributed by atoms with E-state index in [1.165, 1.54) is 51.4 Å². The van der Waals surface area contributed by atoms with Crippen molar-refractivity contribution in [2.45, 2.75) is 155 Å². The summed E-state index contributed by atoms with van der Waals surface area (Å²) < 4.78 is 32.4. The SMILES string of the molecule is CC/C=C\C/C=C\C/C=C\C/C=C\C/C=C\C/C=C\CCC(=O)OC(COC(=O)CCCCCCCCCCCCC)COP(=O)(O)OCC. The minimum absolute atomic E-state index is 0.0157. The van der Waals surface area contributed by atoms with Gasteiger partial charge in [0.05, 0.1) is 13.2 Å². The Morgan fingerprint density at radius 1 is 0.560 bits per heavy atom. The van der Waals surface area contributed by atoms with E-state index in [1.54, 1.807) is 6.92 Å². The predicted molar refractivity (Wildman–Crippen MR) is 207 cm³/mol. The minimum atomic E-state index is -4.30. The molecule has 0 heterocycles. The zero-order valence-corrected chi connectivity index (χ0v) is 32.4. The van der Waals surface area contributed by atoms with E-state index in [2.05, 4.69) is 74.6 Å². The molecule has 0 aliphatic heterocycles. The number of phosphoric ester groups is 1. The summed E-state index contributed by atoms with van der Waals surface area (Å²) in [7, 11) is -4.30. The third kappa shape index (κ3) is 35.3. The van der Waals surface area contributed by atoms with Gasteiger partial charge in [-0.3, -0.25) is 18.6 Å². The second-order valence-corrected chi connectivity index (χ2v) is 13.7. The van der Waals surface area contributed by atoms with E-state index in [1.807, 2.05) is 12.2 Å². The van der Waals surface area contributed by atoms with Gasteiger partial charge in [-0.05, 0) is 58.3 Å². The first-order chi connectivity index (χ1) is 24.3. The number of hydrogen-bond donors (Lipinski definition) is 1. The molecule has 0 spiro atoms. The lowest BCUT2D eigenvalue weighted by molar-refractivity contribution is -0.161. The van der Waals surface area contributed by atoms with Crippen molar-refractivity contribution >= 4 is 19.8 Å². The maximum absolute atomic E-state index is 12.5. The molecule has 0 saturated carbocycles. The van der Waals surface area contributed by atoms with E-state index in [0.717, 1.165) is 57.8 Å². The Kier molecular flexibility index (Phi) is 34.5. The van der Waals surface area contributed by atoms with E-state index in [0.29, 0.717) is 6.42 Å². The zero-order chi connectivity index (χ0) is 36.8. The number of carbonyl (C=O) groups is 2. The lowest BCUT2D eigenvalue weighted by Crippen LogP contribution is -2.29. The molecule has 286 valence electrons. The third-order valence-corrected chi connectivity index (χ3v) is 8.60. The van der Waals surface area contributed by atoms with Gasteiger partial charge in [0.15, 0.2) is 6.10 Å². The molecular weight excluding hydrogens is 651 g/mol. The Labute approximate surface area is 304 Å². The number of rotatable bonds is 34. The largest absolute Gasteiger partial charge is 0.472 e. The van der Waals surface area contributed by atoms with Crippen LogP contribution in [0.25, 0.3) is 0 Å². The molecule has 0 aliphatic carbocycles. The zero-order valence-electron chi connectivity index (χ0n) is 31.5. The lowest BCUT2D eigenvalue weighted by Gasteiger charge is -2.19. The highest BCUT2D eigenvalue weighted by atomic mass is 31.2. The molecule has 0 aliphatic rings. The molecular formula is C41H69O8P. The maximum atomic E-state index is 12.5. The van der Waals surface area contributed by atoms with Gasteiger partial charge in [-0.15, -0.1) is 0 Å². The molecule has 1 N–H and O–H groups in total. The van der Waals surface area contributed by atoms with Crippen molar-refractivity contribution in [3.05, 3.63) is 72.9 Å². The molecule has 0 bridgehead atoms. The van der Waals surface area contributed by atoms with Crippen LogP contribution in [0, 0.1) is 0 Å². The van der Waals surface area contributed by atoms with Crippen LogP contribution in [0.15, 0.2) is 72.9 Å². The monoisotopic (exact) mass is 720 g/mol. The van der Waals surface area contributed by atoms with Crippen LogP contribution >= 0.6 is 7.82 Å². The quantitative estimate of drug-likeness (QED) is 0.0303. The van der Waals surface area contributed by atoms with E-state index in [-0.39, 0.29) is 26.1 Å². The van der Waals surface area contributed by atoms with Crippen LogP contribution in [-0.2, 0) is 32.7 Å². The standard InChI is InChI=1S/C41H69O8P/c1-4-7-9-11-13-15-17-18-19-20-21-22-23-24-26-28-30-32-34-36-41(43)49-39(38-48-50(44,45)47-6-3)37-46-40(42)35-33-31-29-27-25-16-14-12-10-8-5-2/h7,9,13,15,18-19,21-22,24,26,30,32,39H,4-6,8,10-12,14,16-17,20,23,25,27-29,31,33-38H2,1-3H3,(H,44,45)/b9-7-,15-13-,19-18-,22-21-,26-24-,32-30-. The highest BCUT2D eigenvalue weighted by Crippen LogP contribution is 2.43. The normalized spacial score (nSPS) is 14.2. The first-order valence-electron chi connectivity index (χ1n) is 19.2. The minimum Gasteiger partial charge on any atom is -0.462 e. The van der Waals surface area contributed by atoms with Crippen molar-refractivity contribution in [1.29, 1.82) is 0 Å². The Morgan fingerprint density at radius 3 is 1.50 bits per heavy atom. The van der Waals surface area contributed by atoms with Gasteiger partial charge in [-0.1, -0.05) is 151 Å². The molecule has 0 aromatic rings. The molecule has 0 rings (SSSR count). The molecule has 2 unspecified atom stereocenters. The van der Waals surface area contributed by atoms with E-state index in [4.69, 9.17) is 18.5 Å². The van der Waals surface area contributed by atoms with Crippen LogP contribution < -0.4 is 0 Å². The summed E-state index contributed by atoms with van der Waals surface area (Å²) >= 11 is 0. The summed E-state index contributed by atoms with van der Waals surface area (Å²) in [6, 6.07) is 0. The maximum Gasteiger partial charge on any atom is 0.472 e. The Morgan fingerprint density at radius 2 is 1.02 bits per heavy atom. The van der Waals surface area contributed by atoms with E-state index < -0.39 is 32.5 Å². The van der Waals surface area contributed by atoms with Gasteiger partial charge < -0.3 is 14.4 Å². The Balaban J connectivity index is 4.30. The van der Waals surface area contributed by atoms with Crippen LogP contribution in [0.4, 0.5) is 0 Å². The van der Waals surface area contributed by atoms with Gasteiger partial charge in [0.1, 0.15) is 6.61 Å². The number of unbranched alkanes of at least 4 members (excludes halogenated alkanes) is 10. The fourth-order valence-electron chi connectivity index (χ4n) is 4.77. The molecule has 8 nitrogen and oxygen atoms in total. The fraction of sp³-hybridized carbons (Fsp3) is 0.659. The van der Waals surface area contributed by atoms with Crippen molar-refractivity contribution < 1.29 is 37.6 Å². The fourth-order valence-corrected chi connectivity index (χ4v) is 5.53. The number of phosphoric acid groups is 1. The van der Waals surface area contributed by atoms with Gasteiger partial charge in [-0.25, -0.2) is 4.57 Å². The highest BCUT2D eigenvalue weighted by Gasteiger charge is 2.25. The molecule has 0 fully saturated rings. The molecule has 0 aromatic carbocycles. The molecule has 50 heavy (non-hydrogen) atoms. The first-order valence-corrected chi connectivity index (χ1v) is 20.7. The number of hydrogen-bond acceptors (Lipinski definition) is 7. The van der Waals surface area contributed by atoms with Gasteiger partial charge in [-0.2, -0.15) is 0 Å². The molecule has 0 amide bonds. The number of carbonyl (C=O) groups excluding carboxylic acids is 2. The second kappa shape index (κ2) is 36.3. The number of ether oxygens (including phenoxy) is 2. The van der Waals surface area contributed by atoms with Crippen LogP contribution in [0.1, 0.15) is 149 Å². The number of esters is 2. The summed E-state index contributed by atoms with van der Waals surface area (Å²) in [4.78, 5) is 34.5. The van der Waals surface area contributed by atoms with E-state index in [9.17, 15) is 19.0 Å². The van der Waals surface area contributed by atoms with Crippen molar-refractivity contribution in [1.82, 2.24) is 0 Å². The third-order valence-electron chi connectivity index (χ3n) is 7.54. The van der Waals surface area contributed by atoms with Crippen molar-refractivity contribution in [3.8, 4) is 0 Å². The van der Waals surface area contributed by atoms with E-state index >= 15 is 0 Å². The molecule has 2 atom stereocenters. The number of allylic oxidation sites excluding steroid dienone is 12. The van der Waals surface area contributed by atoms with Gasteiger partial charge in [0.25, 0.3) is 0 Å². The topological polar surface area (TPSA) is 108 Å². The predicted octanol–water partition coefficient (Wildman–Crippen LogP) is 11.8. The average molecular weight is 721 g/mol. The van der Waals surface area contributed by atoms with Crippen LogP contribution in [-0.4, -0.2) is 42.8 Å². The molecule has 0 aromatic heterocycles. The van der Waals surface area contributed by atoms with Crippen molar-refractivity contribution in [3.63, 3.8) is 0 Å². The summed E-state index contributed by atoms with van der Waals surface area (Å²) in [6.07, 6.45) is 44.0. The molecule has 9 heteroatoms. The Bertz CT molecular complexity index is 1040. The second-order valence-electron chi connectivity index (χ2n) is 12.2. The Hall–Kier alpha value is -2.51. The molecule has 0 saturated heterocycles. The molecule has 0 radical (unpaired) electrons. The van der Waals surface area contributed by atoms with Crippen LogP contribution in [0.3, 0.4) is 0 Å². The highest BCUT2D eigenvalue weighted by molar-refractivity contribution is 7.47. The average Bonchev–Trinajstić information content (AvgIpc) is 3.09. The van der Waals surface area contributed by atoms with Gasteiger partial charge in [0, 0.05) is 12.8 Å². The lowest BCUT2D eigenvalue weighted by atomic mass is 10.1. The smallest absolute Gasteiger partial charge is 0.462 e. The first kappa shape index (κ1) is 47.5. The van der Waals surface area contributed by atoms with Crippen LogP contribution in [0.2, 0.25) is 0 Å². The van der Waals surface area contributed by atoms with Gasteiger partial charge in [0.2, 0.25) is 0 Å². The summed E-state index contributed by atoms with van der Waals surface area (Å²) in [5, 5.41) is 0. The van der Waals surface area contributed by atoms with Crippen LogP contribution in [0.5, 0.6) is 0 Å². The summed E-state index contributed by atoms with van der Waals surface area (Å²) in [6.45, 7) is 5.24. The summed E-state index contributed by atoms with van der Waals surface area (Å²) in [5.41, 5.74) is 0.